The van der Waals surface area contributed by atoms with Crippen molar-refractivity contribution in [3.63, 3.8) is 0 Å². The van der Waals surface area contributed by atoms with E-state index in [1.807, 2.05) is 0 Å². The van der Waals surface area contributed by atoms with E-state index in [1.54, 1.807) is 0 Å². The van der Waals surface area contributed by atoms with Crippen LogP contribution < -0.4 is 11.5 Å². The molecule has 12 heavy (non-hydrogen) atoms. The van der Waals surface area contributed by atoms with Gasteiger partial charge in [0.2, 0.25) is 0 Å². The molecule has 0 aliphatic carbocycles. The van der Waals surface area contributed by atoms with E-state index in [1.165, 1.54) is 19.3 Å². The first-order chi connectivity index (χ1) is 5.70. The van der Waals surface area contributed by atoms with Gasteiger partial charge in [0.15, 0.2) is 0 Å². The molecule has 0 radical (unpaired) electrons. The first-order valence-electron chi connectivity index (χ1n) is 5.10. The highest BCUT2D eigenvalue weighted by Gasteiger charge is 2.31. The Morgan fingerprint density at radius 3 is 1.33 bits per heavy atom. The molecule has 0 fully saturated rings. The van der Waals surface area contributed by atoms with Crippen LogP contribution in [0.5, 0.6) is 0 Å². The minimum atomic E-state index is 0.392. The molecule has 0 saturated heterocycles. The summed E-state index contributed by atoms with van der Waals surface area (Å²) in [6.45, 7) is 8.18. The number of hydrogen-bond donors (Lipinski definition) is 2. The summed E-state index contributed by atoms with van der Waals surface area (Å²) in [4.78, 5) is 0. The summed E-state index contributed by atoms with van der Waals surface area (Å²) in [7, 11) is 0. The molecule has 74 valence electrons. The molecular formula is C10H24N2. The summed E-state index contributed by atoms with van der Waals surface area (Å²) in [5, 5.41) is 0. The third kappa shape index (κ3) is 2.20. The Hall–Kier alpha value is -0.0800. The summed E-state index contributed by atoms with van der Waals surface area (Å²) in [5.41, 5.74) is 11.8. The Balaban J connectivity index is 4.42. The molecule has 2 nitrogen and oxygen atoms in total. The topological polar surface area (TPSA) is 52.0 Å². The van der Waals surface area contributed by atoms with Gasteiger partial charge in [0.1, 0.15) is 0 Å². The molecule has 0 unspecified atom stereocenters. The maximum atomic E-state index is 5.72. The van der Waals surface area contributed by atoms with Crippen LogP contribution in [0.1, 0.15) is 40.0 Å². The van der Waals surface area contributed by atoms with Gasteiger partial charge in [-0.15, -0.1) is 0 Å². The van der Waals surface area contributed by atoms with Gasteiger partial charge in [-0.25, -0.2) is 0 Å². The van der Waals surface area contributed by atoms with E-state index in [0.717, 1.165) is 13.1 Å². The van der Waals surface area contributed by atoms with Gasteiger partial charge in [-0.05, 0) is 24.4 Å². The van der Waals surface area contributed by atoms with Crippen LogP contribution in [-0.4, -0.2) is 13.1 Å². The molecule has 4 N–H and O–H groups in total. The fourth-order valence-electron chi connectivity index (χ4n) is 2.21. The summed E-state index contributed by atoms with van der Waals surface area (Å²) in [6, 6.07) is 0. The largest absolute Gasteiger partial charge is 0.330 e. The average molecular weight is 172 g/mol. The Labute approximate surface area is 76.7 Å². The van der Waals surface area contributed by atoms with E-state index in [4.69, 9.17) is 11.5 Å². The Kier molecular flexibility index (Phi) is 5.51. The van der Waals surface area contributed by atoms with Crippen molar-refractivity contribution < 1.29 is 0 Å². The number of hydrogen-bond acceptors (Lipinski definition) is 2. The highest BCUT2D eigenvalue weighted by Crippen LogP contribution is 2.37. The zero-order valence-corrected chi connectivity index (χ0v) is 8.77. The highest BCUT2D eigenvalue weighted by molar-refractivity contribution is 4.84. The lowest BCUT2D eigenvalue weighted by Crippen LogP contribution is -2.39. The fraction of sp³-hybridized carbons (Fsp3) is 1.00. The van der Waals surface area contributed by atoms with Crippen molar-refractivity contribution >= 4 is 0 Å². The molecule has 0 aromatic heterocycles. The first-order valence-corrected chi connectivity index (χ1v) is 5.10. The van der Waals surface area contributed by atoms with Crippen molar-refractivity contribution in [2.75, 3.05) is 13.1 Å². The summed E-state index contributed by atoms with van der Waals surface area (Å²) < 4.78 is 0. The molecule has 0 amide bonds. The van der Waals surface area contributed by atoms with Gasteiger partial charge < -0.3 is 11.5 Å². The Bertz CT molecular complexity index is 96.1. The van der Waals surface area contributed by atoms with E-state index in [2.05, 4.69) is 20.8 Å². The van der Waals surface area contributed by atoms with Gasteiger partial charge in [-0.3, -0.25) is 0 Å². The third-order valence-electron chi connectivity index (χ3n) is 3.55. The predicted octanol–water partition coefficient (Wildman–Crippen LogP) is 1.74. The van der Waals surface area contributed by atoms with Crippen molar-refractivity contribution in [3.05, 3.63) is 0 Å². The predicted molar refractivity (Wildman–Crippen MR) is 54.9 cm³/mol. The van der Waals surface area contributed by atoms with Crippen molar-refractivity contribution in [2.45, 2.75) is 40.0 Å². The molecule has 0 saturated carbocycles. The number of rotatable bonds is 6. The lowest BCUT2D eigenvalue weighted by Gasteiger charge is -2.38. The molecule has 0 aromatic carbocycles. The second-order valence-corrected chi connectivity index (χ2v) is 3.59. The van der Waals surface area contributed by atoms with Crippen molar-refractivity contribution in [2.24, 2.45) is 22.8 Å². The van der Waals surface area contributed by atoms with E-state index < -0.39 is 0 Å². The zero-order valence-electron chi connectivity index (χ0n) is 8.77. The van der Waals surface area contributed by atoms with Crippen LogP contribution in [-0.2, 0) is 0 Å². The van der Waals surface area contributed by atoms with Crippen LogP contribution in [0.15, 0.2) is 0 Å². The van der Waals surface area contributed by atoms with E-state index in [9.17, 15) is 0 Å². The van der Waals surface area contributed by atoms with Crippen LogP contribution in [0.4, 0.5) is 0 Å². The fourth-order valence-corrected chi connectivity index (χ4v) is 2.21. The molecule has 0 rings (SSSR count). The van der Waals surface area contributed by atoms with Crippen molar-refractivity contribution in [1.82, 2.24) is 0 Å². The van der Waals surface area contributed by atoms with Gasteiger partial charge in [-0.1, -0.05) is 40.0 Å². The smallest absolute Gasteiger partial charge is 0.00315 e. The van der Waals surface area contributed by atoms with Crippen LogP contribution in [0.25, 0.3) is 0 Å². The van der Waals surface area contributed by atoms with E-state index in [-0.39, 0.29) is 0 Å². The summed E-state index contributed by atoms with van der Waals surface area (Å²) in [5.74, 6) is 0.498. The third-order valence-corrected chi connectivity index (χ3v) is 3.55. The van der Waals surface area contributed by atoms with Crippen molar-refractivity contribution in [1.29, 1.82) is 0 Å². The van der Waals surface area contributed by atoms with Gasteiger partial charge >= 0.3 is 0 Å². The quantitative estimate of drug-likeness (QED) is 0.641. The second kappa shape index (κ2) is 5.55. The SMILES string of the molecule is CCC(CC)(CC)C(CN)CN. The molecule has 0 bridgehead atoms. The first kappa shape index (κ1) is 11.9. The maximum Gasteiger partial charge on any atom is -0.00315 e. The molecule has 0 heterocycles. The average Bonchev–Trinajstić information content (AvgIpc) is 2.14. The van der Waals surface area contributed by atoms with E-state index in [0.29, 0.717) is 11.3 Å². The number of nitrogens with two attached hydrogens (primary N) is 2. The molecule has 0 aliphatic rings. The molecule has 0 aliphatic heterocycles. The lowest BCUT2D eigenvalue weighted by atomic mass is 9.69. The van der Waals surface area contributed by atoms with Gasteiger partial charge in [0.05, 0.1) is 0 Å². The summed E-state index contributed by atoms with van der Waals surface area (Å²) >= 11 is 0. The standard InChI is InChI=1S/C10H24N2/c1-4-10(5-2,6-3)9(7-11)8-12/h9H,4-8,11-12H2,1-3H3. The van der Waals surface area contributed by atoms with Crippen molar-refractivity contribution in [3.8, 4) is 0 Å². The minimum absolute atomic E-state index is 0.392. The maximum absolute atomic E-state index is 5.72. The molecule has 0 aromatic rings. The molecule has 2 heteroatoms. The zero-order chi connectivity index (χ0) is 9.61. The van der Waals surface area contributed by atoms with Gasteiger partial charge in [-0.2, -0.15) is 0 Å². The highest BCUT2D eigenvalue weighted by atomic mass is 14.7. The lowest BCUT2D eigenvalue weighted by molar-refractivity contribution is 0.145. The minimum Gasteiger partial charge on any atom is -0.330 e. The monoisotopic (exact) mass is 172 g/mol. The van der Waals surface area contributed by atoms with E-state index >= 15 is 0 Å². The summed E-state index contributed by atoms with van der Waals surface area (Å²) in [6.07, 6.45) is 3.58. The van der Waals surface area contributed by atoms with Crippen LogP contribution in [0, 0.1) is 11.3 Å². The van der Waals surface area contributed by atoms with Crippen LogP contribution in [0.3, 0.4) is 0 Å². The van der Waals surface area contributed by atoms with Gasteiger partial charge in [0, 0.05) is 0 Å². The molecular weight excluding hydrogens is 148 g/mol. The Morgan fingerprint density at radius 1 is 0.917 bits per heavy atom. The Morgan fingerprint density at radius 2 is 1.25 bits per heavy atom. The second-order valence-electron chi connectivity index (χ2n) is 3.59. The van der Waals surface area contributed by atoms with Crippen LogP contribution in [0.2, 0.25) is 0 Å². The molecule has 0 atom stereocenters. The molecule has 0 spiro atoms. The normalized spacial score (nSPS) is 12.5. The van der Waals surface area contributed by atoms with Crippen LogP contribution >= 0.6 is 0 Å². The van der Waals surface area contributed by atoms with Gasteiger partial charge in [0.25, 0.3) is 0 Å².